The minimum Gasteiger partial charge on any atom is -0.371 e. The Morgan fingerprint density at radius 3 is 2.64 bits per heavy atom. The molecule has 1 atom stereocenters. The average Bonchev–Trinajstić information content (AvgIpc) is 3.28. The Kier molecular flexibility index (Phi) is 5.09. The maximum atomic E-state index is 12.7. The molecule has 1 amide bonds. The van der Waals surface area contributed by atoms with Crippen LogP contribution in [0, 0.1) is 12.8 Å². The zero-order chi connectivity index (χ0) is 19.7. The van der Waals surface area contributed by atoms with Gasteiger partial charge < -0.3 is 10.2 Å². The summed E-state index contributed by atoms with van der Waals surface area (Å²) >= 11 is 6.07. The second kappa shape index (κ2) is 7.68. The van der Waals surface area contributed by atoms with Crippen LogP contribution in [0.4, 0.5) is 11.4 Å². The Balaban J connectivity index is 1.48. The lowest BCUT2D eigenvalue weighted by atomic mass is 10.2. The number of anilines is 2. The third-order valence-corrected chi connectivity index (χ3v) is 5.46. The molecule has 2 aromatic carbocycles. The monoisotopic (exact) mass is 394 g/mol. The van der Waals surface area contributed by atoms with Gasteiger partial charge in [0.05, 0.1) is 23.1 Å². The second-order valence-electron chi connectivity index (χ2n) is 7.38. The predicted molar refractivity (Wildman–Crippen MR) is 114 cm³/mol. The molecule has 144 valence electrons. The zero-order valence-electron chi connectivity index (χ0n) is 16.0. The molecule has 0 aliphatic carbocycles. The Morgan fingerprint density at radius 2 is 1.96 bits per heavy atom. The number of benzene rings is 2. The molecule has 3 aromatic rings. The van der Waals surface area contributed by atoms with Crippen LogP contribution in [0.5, 0.6) is 0 Å². The summed E-state index contributed by atoms with van der Waals surface area (Å²) < 4.78 is 1.72. The highest BCUT2D eigenvalue weighted by Gasteiger charge is 2.19. The van der Waals surface area contributed by atoms with Crippen molar-refractivity contribution in [2.75, 3.05) is 23.3 Å². The van der Waals surface area contributed by atoms with E-state index in [9.17, 15) is 4.79 Å². The highest BCUT2D eigenvalue weighted by molar-refractivity contribution is 6.30. The van der Waals surface area contributed by atoms with Crippen molar-refractivity contribution >= 4 is 28.9 Å². The fourth-order valence-electron chi connectivity index (χ4n) is 3.62. The van der Waals surface area contributed by atoms with Crippen LogP contribution in [0.15, 0.2) is 54.7 Å². The summed E-state index contributed by atoms with van der Waals surface area (Å²) in [6.45, 7) is 6.34. The van der Waals surface area contributed by atoms with Gasteiger partial charge >= 0.3 is 0 Å². The van der Waals surface area contributed by atoms with Crippen molar-refractivity contribution < 1.29 is 4.79 Å². The lowest BCUT2D eigenvalue weighted by molar-refractivity contribution is 0.102. The van der Waals surface area contributed by atoms with Gasteiger partial charge in [-0.15, -0.1) is 0 Å². The molecule has 4 rings (SSSR count). The fraction of sp³-hybridized carbons (Fsp3) is 0.273. The standard InChI is InChI=1S/C22H23ClN4O/c1-15-10-11-26(14-15)19-8-6-18(7-9-19)25-22(28)21-13-24-27(16(21)2)20-5-3-4-17(23)12-20/h3-9,12-13,15H,10-11,14H2,1-2H3,(H,25,28). The summed E-state index contributed by atoms with van der Waals surface area (Å²) in [5, 5.41) is 7.95. The van der Waals surface area contributed by atoms with E-state index in [2.05, 4.69) is 34.4 Å². The number of rotatable bonds is 4. The van der Waals surface area contributed by atoms with Crippen molar-refractivity contribution in [3.63, 3.8) is 0 Å². The lowest BCUT2D eigenvalue weighted by Crippen LogP contribution is -2.19. The van der Waals surface area contributed by atoms with Crippen molar-refractivity contribution in [2.24, 2.45) is 5.92 Å². The third-order valence-electron chi connectivity index (χ3n) is 5.22. The number of nitrogens with zero attached hydrogens (tertiary/aromatic N) is 3. The SMILES string of the molecule is Cc1c(C(=O)Nc2ccc(N3CCC(C)C3)cc2)cnn1-c1cccc(Cl)c1. The van der Waals surface area contributed by atoms with Gasteiger partial charge in [0.25, 0.3) is 5.91 Å². The molecule has 0 bridgehead atoms. The van der Waals surface area contributed by atoms with Crippen molar-refractivity contribution in [3.05, 3.63) is 71.0 Å². The summed E-state index contributed by atoms with van der Waals surface area (Å²) in [6.07, 6.45) is 2.82. The highest BCUT2D eigenvalue weighted by atomic mass is 35.5. The number of carbonyl (C=O) groups is 1. The summed E-state index contributed by atoms with van der Waals surface area (Å²) in [5.74, 6) is 0.562. The van der Waals surface area contributed by atoms with Crippen LogP contribution < -0.4 is 10.2 Å². The molecule has 0 saturated carbocycles. The van der Waals surface area contributed by atoms with Gasteiger partial charge in [0.1, 0.15) is 0 Å². The molecule has 1 saturated heterocycles. The van der Waals surface area contributed by atoms with Crippen LogP contribution in [0.25, 0.3) is 5.69 Å². The molecule has 0 radical (unpaired) electrons. The average molecular weight is 395 g/mol. The third kappa shape index (κ3) is 3.76. The fourth-order valence-corrected chi connectivity index (χ4v) is 3.81. The van der Waals surface area contributed by atoms with Crippen LogP contribution in [-0.2, 0) is 0 Å². The largest absolute Gasteiger partial charge is 0.371 e. The topological polar surface area (TPSA) is 50.2 Å². The second-order valence-corrected chi connectivity index (χ2v) is 7.81. The number of amides is 1. The van der Waals surface area contributed by atoms with E-state index < -0.39 is 0 Å². The first-order valence-electron chi connectivity index (χ1n) is 9.48. The van der Waals surface area contributed by atoms with Crippen LogP contribution in [0.3, 0.4) is 0 Å². The summed E-state index contributed by atoms with van der Waals surface area (Å²) in [7, 11) is 0. The number of halogens is 1. The van der Waals surface area contributed by atoms with Crippen LogP contribution in [0.1, 0.15) is 29.4 Å². The molecule has 1 aromatic heterocycles. The molecule has 1 unspecified atom stereocenters. The Labute approximate surface area is 169 Å². The van der Waals surface area contributed by atoms with Crippen molar-refractivity contribution in [1.82, 2.24) is 9.78 Å². The van der Waals surface area contributed by atoms with Crippen molar-refractivity contribution in [3.8, 4) is 5.69 Å². The maximum absolute atomic E-state index is 12.7. The minimum absolute atomic E-state index is 0.173. The molecule has 2 heterocycles. The first-order chi connectivity index (χ1) is 13.5. The van der Waals surface area contributed by atoms with Gasteiger partial charge in [-0.25, -0.2) is 4.68 Å². The molecule has 5 nitrogen and oxygen atoms in total. The predicted octanol–water partition coefficient (Wildman–Crippen LogP) is 4.93. The quantitative estimate of drug-likeness (QED) is 0.682. The van der Waals surface area contributed by atoms with Gasteiger partial charge in [-0.2, -0.15) is 5.10 Å². The smallest absolute Gasteiger partial charge is 0.259 e. The molecule has 28 heavy (non-hydrogen) atoms. The van der Waals surface area contributed by atoms with Gasteiger partial charge in [-0.3, -0.25) is 4.79 Å². The molecule has 1 N–H and O–H groups in total. The van der Waals surface area contributed by atoms with Gasteiger partial charge in [-0.1, -0.05) is 24.6 Å². The van der Waals surface area contributed by atoms with E-state index in [-0.39, 0.29) is 5.91 Å². The molecule has 0 spiro atoms. The minimum atomic E-state index is -0.173. The van der Waals surface area contributed by atoms with E-state index in [1.165, 1.54) is 12.1 Å². The Morgan fingerprint density at radius 1 is 1.18 bits per heavy atom. The van der Waals surface area contributed by atoms with Crippen molar-refractivity contribution in [2.45, 2.75) is 20.3 Å². The molecule has 1 fully saturated rings. The maximum Gasteiger partial charge on any atom is 0.259 e. The van der Waals surface area contributed by atoms with E-state index in [4.69, 9.17) is 11.6 Å². The molecular weight excluding hydrogens is 372 g/mol. The number of aromatic nitrogens is 2. The summed E-state index contributed by atoms with van der Waals surface area (Å²) in [5.41, 5.74) is 4.11. The van der Waals surface area contributed by atoms with Crippen LogP contribution >= 0.6 is 11.6 Å². The summed E-state index contributed by atoms with van der Waals surface area (Å²) in [6, 6.07) is 15.4. The molecule has 1 aliphatic heterocycles. The van der Waals surface area contributed by atoms with E-state index in [1.807, 2.05) is 43.3 Å². The number of carbonyl (C=O) groups excluding carboxylic acids is 1. The number of hydrogen-bond donors (Lipinski definition) is 1. The number of nitrogens with one attached hydrogen (secondary N) is 1. The van der Waals surface area contributed by atoms with E-state index in [1.54, 1.807) is 10.9 Å². The number of hydrogen-bond acceptors (Lipinski definition) is 3. The van der Waals surface area contributed by atoms with E-state index >= 15 is 0 Å². The van der Waals surface area contributed by atoms with Gasteiger partial charge in [0.2, 0.25) is 0 Å². The van der Waals surface area contributed by atoms with Crippen LogP contribution in [0.2, 0.25) is 5.02 Å². The summed E-state index contributed by atoms with van der Waals surface area (Å²) in [4.78, 5) is 15.1. The Hall–Kier alpha value is -2.79. The molecule has 1 aliphatic rings. The van der Waals surface area contributed by atoms with E-state index in [0.717, 1.165) is 36.1 Å². The molecular formula is C22H23ClN4O. The van der Waals surface area contributed by atoms with Gasteiger partial charge in [-0.05, 0) is 61.7 Å². The van der Waals surface area contributed by atoms with Crippen molar-refractivity contribution in [1.29, 1.82) is 0 Å². The van der Waals surface area contributed by atoms with E-state index in [0.29, 0.717) is 10.6 Å². The first kappa shape index (κ1) is 18.6. The first-order valence-corrected chi connectivity index (χ1v) is 9.86. The highest BCUT2D eigenvalue weighted by Crippen LogP contribution is 2.25. The van der Waals surface area contributed by atoms with Gasteiger partial charge in [0, 0.05) is 29.5 Å². The Bertz CT molecular complexity index is 996. The molecule has 6 heteroatoms. The lowest BCUT2D eigenvalue weighted by Gasteiger charge is -2.18. The normalized spacial score (nSPS) is 16.4. The van der Waals surface area contributed by atoms with Gasteiger partial charge in [0.15, 0.2) is 0 Å². The van der Waals surface area contributed by atoms with Crippen LogP contribution in [-0.4, -0.2) is 28.8 Å². The zero-order valence-corrected chi connectivity index (χ0v) is 16.8.